The number of alkyl halides is 2. The van der Waals surface area contributed by atoms with Crippen LogP contribution >= 0.6 is 0 Å². The van der Waals surface area contributed by atoms with E-state index in [1.54, 1.807) is 12.1 Å². The van der Waals surface area contributed by atoms with Gasteiger partial charge in [0, 0.05) is 0 Å². The molecule has 0 bridgehead atoms. The van der Waals surface area contributed by atoms with Gasteiger partial charge in [-0.05, 0) is 42.3 Å². The Labute approximate surface area is 149 Å². The molecule has 26 heavy (non-hydrogen) atoms. The number of fused-ring (bicyclic) bond motifs is 1. The molecular weight excluding hydrogens is 344 g/mol. The topological polar surface area (TPSA) is 56.8 Å². The monoisotopic (exact) mass is 363 g/mol. The molecule has 138 valence electrons. The van der Waals surface area contributed by atoms with Crippen LogP contribution in [0, 0.1) is 0 Å². The highest BCUT2D eigenvalue weighted by molar-refractivity contribution is 5.79. The Bertz CT molecular complexity index is 765. The largest absolute Gasteiger partial charge is 0.486 e. The number of benzene rings is 2. The number of carbonyl (C=O) groups excluding carboxylic acids is 1. The maximum Gasteiger partial charge on any atom is 0.387 e. The Morgan fingerprint density at radius 1 is 1.12 bits per heavy atom. The van der Waals surface area contributed by atoms with Gasteiger partial charge in [-0.3, -0.25) is 4.79 Å². The van der Waals surface area contributed by atoms with Gasteiger partial charge in [-0.25, -0.2) is 0 Å². The van der Waals surface area contributed by atoms with Crippen molar-refractivity contribution in [1.82, 2.24) is 5.32 Å². The highest BCUT2D eigenvalue weighted by Crippen LogP contribution is 2.32. The van der Waals surface area contributed by atoms with E-state index in [4.69, 9.17) is 9.47 Å². The van der Waals surface area contributed by atoms with Crippen LogP contribution in [0.3, 0.4) is 0 Å². The van der Waals surface area contributed by atoms with Gasteiger partial charge in [0.05, 0.1) is 12.5 Å². The number of nitrogens with one attached hydrogen (secondary N) is 1. The summed E-state index contributed by atoms with van der Waals surface area (Å²) in [6.45, 7) is 0.0430. The first-order chi connectivity index (χ1) is 12.5. The molecule has 0 saturated carbocycles. The molecule has 1 aliphatic rings. The van der Waals surface area contributed by atoms with Crippen LogP contribution in [0.1, 0.15) is 24.1 Å². The van der Waals surface area contributed by atoms with Crippen LogP contribution in [0.2, 0.25) is 0 Å². The summed E-state index contributed by atoms with van der Waals surface area (Å²) in [5, 5.41) is 2.91. The first-order valence-corrected chi connectivity index (χ1v) is 8.24. The van der Waals surface area contributed by atoms with Crippen molar-refractivity contribution in [3.63, 3.8) is 0 Å². The smallest absolute Gasteiger partial charge is 0.387 e. The van der Waals surface area contributed by atoms with E-state index in [9.17, 15) is 13.6 Å². The summed E-state index contributed by atoms with van der Waals surface area (Å²) in [5.74, 6) is 1.26. The van der Waals surface area contributed by atoms with Crippen LogP contribution in [-0.4, -0.2) is 25.7 Å². The van der Waals surface area contributed by atoms with E-state index >= 15 is 0 Å². The van der Waals surface area contributed by atoms with Crippen LogP contribution in [0.25, 0.3) is 0 Å². The molecule has 0 aromatic heterocycles. The minimum atomic E-state index is -2.86. The lowest BCUT2D eigenvalue weighted by Crippen LogP contribution is -2.28. The third-order valence-electron chi connectivity index (χ3n) is 3.96. The second kappa shape index (κ2) is 8.03. The summed E-state index contributed by atoms with van der Waals surface area (Å²) >= 11 is 0. The number of hydrogen-bond acceptors (Lipinski definition) is 4. The van der Waals surface area contributed by atoms with E-state index in [0.29, 0.717) is 30.3 Å². The lowest BCUT2D eigenvalue weighted by Gasteiger charge is -2.21. The molecule has 0 fully saturated rings. The Kier molecular flexibility index (Phi) is 5.55. The summed E-state index contributed by atoms with van der Waals surface area (Å²) in [6.07, 6.45) is 0.143. The van der Waals surface area contributed by atoms with Crippen molar-refractivity contribution in [3.8, 4) is 17.2 Å². The second-order valence-corrected chi connectivity index (χ2v) is 5.89. The highest BCUT2D eigenvalue weighted by atomic mass is 19.3. The van der Waals surface area contributed by atoms with Gasteiger partial charge in [-0.2, -0.15) is 8.78 Å². The van der Waals surface area contributed by atoms with Crippen molar-refractivity contribution in [1.29, 1.82) is 0 Å². The molecule has 5 nitrogen and oxygen atoms in total. The fourth-order valence-corrected chi connectivity index (χ4v) is 2.68. The number of rotatable bonds is 6. The van der Waals surface area contributed by atoms with Crippen LogP contribution in [-0.2, 0) is 11.2 Å². The van der Waals surface area contributed by atoms with Crippen LogP contribution < -0.4 is 19.5 Å². The number of hydrogen-bond donors (Lipinski definition) is 1. The molecule has 1 N–H and O–H groups in total. The Balaban J connectivity index is 1.57. The standard InChI is InChI=1S/C19H19F2NO4/c1-12(14-4-7-16-17(11-14)25-9-8-24-16)22-18(23)10-13-2-5-15(6-3-13)26-19(20)21/h2-7,11-12,19H,8-10H2,1H3,(H,22,23). The number of amides is 1. The molecule has 7 heteroatoms. The van der Waals surface area contributed by atoms with E-state index in [-0.39, 0.29) is 24.1 Å². The lowest BCUT2D eigenvalue weighted by molar-refractivity contribution is -0.121. The highest BCUT2D eigenvalue weighted by Gasteiger charge is 2.16. The Morgan fingerprint density at radius 2 is 1.81 bits per heavy atom. The zero-order chi connectivity index (χ0) is 18.5. The third kappa shape index (κ3) is 4.62. The average Bonchev–Trinajstić information content (AvgIpc) is 2.62. The molecule has 1 atom stereocenters. The predicted octanol–water partition coefficient (Wildman–Crippen LogP) is 3.48. The van der Waals surface area contributed by atoms with E-state index in [2.05, 4.69) is 10.1 Å². The molecule has 0 aliphatic carbocycles. The van der Waals surface area contributed by atoms with Crippen molar-refractivity contribution in [3.05, 3.63) is 53.6 Å². The summed E-state index contributed by atoms with van der Waals surface area (Å²) in [5.41, 5.74) is 1.61. The molecule has 0 spiro atoms. The molecule has 1 amide bonds. The van der Waals surface area contributed by atoms with E-state index in [1.165, 1.54) is 12.1 Å². The van der Waals surface area contributed by atoms with Crippen molar-refractivity contribution in [2.75, 3.05) is 13.2 Å². The average molecular weight is 363 g/mol. The minimum Gasteiger partial charge on any atom is -0.486 e. The Hall–Kier alpha value is -2.83. The van der Waals surface area contributed by atoms with Gasteiger partial charge in [0.15, 0.2) is 11.5 Å². The first kappa shape index (κ1) is 18.0. The Morgan fingerprint density at radius 3 is 2.50 bits per heavy atom. The van der Waals surface area contributed by atoms with Gasteiger partial charge in [0.25, 0.3) is 0 Å². The van der Waals surface area contributed by atoms with Gasteiger partial charge in [0.2, 0.25) is 5.91 Å². The fraction of sp³-hybridized carbons (Fsp3) is 0.316. The van der Waals surface area contributed by atoms with E-state index in [1.807, 2.05) is 25.1 Å². The molecule has 0 radical (unpaired) electrons. The van der Waals surface area contributed by atoms with Crippen LogP contribution in [0.15, 0.2) is 42.5 Å². The molecule has 2 aromatic carbocycles. The zero-order valence-electron chi connectivity index (χ0n) is 14.2. The van der Waals surface area contributed by atoms with Crippen LogP contribution in [0.5, 0.6) is 17.2 Å². The summed E-state index contributed by atoms with van der Waals surface area (Å²) < 4.78 is 39.6. The molecule has 3 rings (SSSR count). The predicted molar refractivity (Wildman–Crippen MR) is 90.8 cm³/mol. The molecule has 1 aliphatic heterocycles. The normalized spacial score (nSPS) is 14.0. The maximum atomic E-state index is 12.2. The SMILES string of the molecule is CC(NC(=O)Cc1ccc(OC(F)F)cc1)c1ccc2c(c1)OCCO2. The number of ether oxygens (including phenoxy) is 3. The molecular formula is C19H19F2NO4. The first-order valence-electron chi connectivity index (χ1n) is 8.24. The van der Waals surface area contributed by atoms with Gasteiger partial charge in [-0.15, -0.1) is 0 Å². The van der Waals surface area contributed by atoms with Crippen molar-refractivity contribution < 1.29 is 27.8 Å². The maximum absolute atomic E-state index is 12.2. The molecule has 0 saturated heterocycles. The quantitative estimate of drug-likeness (QED) is 0.854. The molecule has 1 unspecified atom stereocenters. The van der Waals surface area contributed by atoms with Gasteiger partial charge in [-0.1, -0.05) is 18.2 Å². The summed E-state index contributed by atoms with van der Waals surface area (Å²) in [4.78, 5) is 12.2. The number of halogens is 2. The third-order valence-corrected chi connectivity index (χ3v) is 3.96. The van der Waals surface area contributed by atoms with Crippen molar-refractivity contribution in [2.24, 2.45) is 0 Å². The lowest BCUT2D eigenvalue weighted by atomic mass is 10.1. The van der Waals surface area contributed by atoms with Crippen molar-refractivity contribution >= 4 is 5.91 Å². The van der Waals surface area contributed by atoms with Gasteiger partial charge < -0.3 is 19.5 Å². The summed E-state index contributed by atoms with van der Waals surface area (Å²) in [7, 11) is 0. The van der Waals surface area contributed by atoms with Crippen molar-refractivity contribution in [2.45, 2.75) is 26.0 Å². The summed E-state index contributed by atoms with van der Waals surface area (Å²) in [6, 6.07) is 11.4. The van der Waals surface area contributed by atoms with Gasteiger partial charge in [0.1, 0.15) is 19.0 Å². The van der Waals surface area contributed by atoms with Gasteiger partial charge >= 0.3 is 6.61 Å². The minimum absolute atomic E-state index is 0.0637. The van der Waals surface area contributed by atoms with E-state index in [0.717, 1.165) is 5.56 Å². The van der Waals surface area contributed by atoms with Crippen LogP contribution in [0.4, 0.5) is 8.78 Å². The zero-order valence-corrected chi connectivity index (χ0v) is 14.2. The van der Waals surface area contributed by atoms with E-state index < -0.39 is 6.61 Å². The molecule has 1 heterocycles. The number of carbonyl (C=O) groups is 1. The second-order valence-electron chi connectivity index (χ2n) is 5.89. The molecule has 2 aromatic rings. The fourth-order valence-electron chi connectivity index (χ4n) is 2.68.